The number of anilines is 2. The first-order valence-electron chi connectivity index (χ1n) is 9.10. The quantitative estimate of drug-likeness (QED) is 0.117. The van der Waals surface area contributed by atoms with Gasteiger partial charge >= 0.3 is 21.5 Å². The molecule has 0 saturated carbocycles. The summed E-state index contributed by atoms with van der Waals surface area (Å²) in [7, 11) is -3.97. The fraction of sp³-hybridized carbons (Fsp3) is 0.412. The lowest BCUT2D eigenvalue weighted by molar-refractivity contribution is -0.137. The summed E-state index contributed by atoms with van der Waals surface area (Å²) in [5, 5.41) is 10.7. The van der Waals surface area contributed by atoms with Crippen LogP contribution in [0.25, 0.3) is 0 Å². The van der Waals surface area contributed by atoms with E-state index in [1.165, 1.54) is 16.9 Å². The zero-order valence-electron chi connectivity index (χ0n) is 17.1. The third-order valence-electron chi connectivity index (χ3n) is 4.17. The second-order valence-electron chi connectivity index (χ2n) is 6.43. The van der Waals surface area contributed by atoms with Gasteiger partial charge in [-0.2, -0.15) is 26.7 Å². The van der Waals surface area contributed by atoms with Crippen LogP contribution in [0.2, 0.25) is 0 Å². The Morgan fingerprint density at radius 1 is 1.41 bits per heavy atom. The van der Waals surface area contributed by atoms with Gasteiger partial charge in [-0.25, -0.2) is 4.79 Å². The van der Waals surface area contributed by atoms with E-state index < -0.39 is 27.2 Å². The fourth-order valence-corrected chi connectivity index (χ4v) is 3.77. The normalized spacial score (nSPS) is 14.9. The number of carbonyl (C=O) groups excluding carboxylic acids is 1. The molecule has 1 aromatic rings. The number of sulfonamides is 1. The van der Waals surface area contributed by atoms with Gasteiger partial charge in [0.2, 0.25) is 5.17 Å². The van der Waals surface area contributed by atoms with Gasteiger partial charge in [-0.1, -0.05) is 6.58 Å². The summed E-state index contributed by atoms with van der Waals surface area (Å²) in [5.74, 6) is 4.51. The lowest BCUT2D eigenvalue weighted by Crippen LogP contribution is -2.30. The largest absolute Gasteiger partial charge is 0.516 e. The molecule has 0 saturated heterocycles. The lowest BCUT2D eigenvalue weighted by atomic mass is 10.0. The number of nitrogens with one attached hydrogen (secondary N) is 1. The number of halogens is 3. The van der Waals surface area contributed by atoms with E-state index in [0.717, 1.165) is 12.0 Å². The van der Waals surface area contributed by atoms with Crippen LogP contribution in [0.3, 0.4) is 0 Å². The molecule has 0 radical (unpaired) electrons. The molecule has 1 aliphatic heterocycles. The molecule has 1 aromatic carbocycles. The number of hydrazone groups is 1. The molecular formula is C17H21F3N6O4S2. The summed E-state index contributed by atoms with van der Waals surface area (Å²) >= 11 is 0.633. The molecule has 2 rings (SSSR count). The van der Waals surface area contributed by atoms with Gasteiger partial charge in [0.25, 0.3) is 0 Å². The number of azo groups is 1. The van der Waals surface area contributed by atoms with Crippen molar-refractivity contribution in [2.75, 3.05) is 29.8 Å². The summed E-state index contributed by atoms with van der Waals surface area (Å²) in [6.07, 6.45) is 1.40. The van der Waals surface area contributed by atoms with Crippen molar-refractivity contribution in [1.29, 1.82) is 0 Å². The maximum Gasteiger partial charge on any atom is 0.516 e. The Labute approximate surface area is 186 Å². The Morgan fingerprint density at radius 2 is 2.09 bits per heavy atom. The smallest absolute Gasteiger partial charge is 0.462 e. The molecule has 1 heterocycles. The van der Waals surface area contributed by atoms with Crippen molar-refractivity contribution in [3.63, 3.8) is 0 Å². The summed E-state index contributed by atoms with van der Waals surface area (Å²) < 4.78 is 68.3. The molecule has 3 N–H and O–H groups in total. The average molecular weight is 495 g/mol. The topological polar surface area (TPSA) is 139 Å². The molecule has 10 nitrogen and oxygen atoms in total. The van der Waals surface area contributed by atoms with E-state index in [9.17, 15) is 26.4 Å². The van der Waals surface area contributed by atoms with Crippen molar-refractivity contribution in [2.45, 2.75) is 25.3 Å². The van der Waals surface area contributed by atoms with Crippen LogP contribution < -0.4 is 15.5 Å². The third kappa shape index (κ3) is 6.12. The first-order valence-corrected chi connectivity index (χ1v) is 11.4. The van der Waals surface area contributed by atoms with E-state index in [0.29, 0.717) is 30.4 Å². The maximum absolute atomic E-state index is 12.9. The molecule has 32 heavy (non-hydrogen) atoms. The van der Waals surface area contributed by atoms with Crippen molar-refractivity contribution >= 4 is 50.0 Å². The molecule has 0 bridgehead atoms. The number of esters is 1. The molecular weight excluding hydrogens is 473 g/mol. The molecule has 1 aliphatic rings. The molecule has 15 heteroatoms. The summed E-state index contributed by atoms with van der Waals surface area (Å²) in [6, 6.07) is 2.69. The number of thioether (sulfide) groups is 1. The number of hydrogen-bond acceptors (Lipinski definition) is 9. The number of hydrogen-bond donors (Lipinski definition) is 2. The van der Waals surface area contributed by atoms with Crippen LogP contribution in [0, 0.1) is 0 Å². The van der Waals surface area contributed by atoms with Crippen molar-refractivity contribution < 1.29 is 31.1 Å². The van der Waals surface area contributed by atoms with Gasteiger partial charge in [0.1, 0.15) is 5.69 Å². The molecule has 0 spiro atoms. The minimum absolute atomic E-state index is 0.0972. The van der Waals surface area contributed by atoms with E-state index in [-0.39, 0.29) is 22.4 Å². The van der Waals surface area contributed by atoms with E-state index in [1.807, 2.05) is 0 Å². The monoisotopic (exact) mass is 494 g/mol. The minimum atomic E-state index is -5.70. The second kappa shape index (κ2) is 10.2. The highest BCUT2D eigenvalue weighted by Gasteiger charge is 2.46. The van der Waals surface area contributed by atoms with Gasteiger partial charge < -0.3 is 15.5 Å². The van der Waals surface area contributed by atoms with Crippen molar-refractivity contribution in [3.8, 4) is 0 Å². The Morgan fingerprint density at radius 3 is 2.69 bits per heavy atom. The zero-order valence-corrected chi connectivity index (χ0v) is 18.8. The van der Waals surface area contributed by atoms with E-state index in [1.54, 1.807) is 18.9 Å². The summed E-state index contributed by atoms with van der Waals surface area (Å²) in [5.41, 5.74) is -4.83. The molecule has 0 aromatic heterocycles. The van der Waals surface area contributed by atoms with E-state index in [2.05, 4.69) is 21.9 Å². The highest BCUT2D eigenvalue weighted by molar-refractivity contribution is 8.17. The first-order chi connectivity index (χ1) is 14.9. The SMILES string of the molecule is C=C(SC(=N\N)/N=N/c1cc2c(cc1NS(=O)(=O)C(F)(F)F)N(C)CCC2)C(=O)OCC. The number of rotatable bonds is 6. The number of benzene rings is 1. The molecule has 0 atom stereocenters. The summed E-state index contributed by atoms with van der Waals surface area (Å²) in [4.78, 5) is 13.4. The number of alkyl halides is 3. The van der Waals surface area contributed by atoms with Gasteiger partial charge in [0.05, 0.1) is 17.2 Å². The second-order valence-corrected chi connectivity index (χ2v) is 9.17. The first kappa shape index (κ1) is 25.5. The number of nitrogens with zero attached hydrogens (tertiary/aromatic N) is 4. The predicted molar refractivity (Wildman–Crippen MR) is 116 cm³/mol. The maximum atomic E-state index is 12.9. The van der Waals surface area contributed by atoms with Crippen LogP contribution in [0.15, 0.2) is 38.9 Å². The molecule has 0 fully saturated rings. The van der Waals surface area contributed by atoms with Crippen molar-refractivity contribution in [3.05, 3.63) is 29.2 Å². The molecule has 0 amide bonds. The van der Waals surface area contributed by atoms with Crippen molar-refractivity contribution in [2.24, 2.45) is 21.2 Å². The number of aryl methyl sites for hydroxylation is 1. The van der Waals surface area contributed by atoms with Gasteiger partial charge in [0, 0.05) is 19.3 Å². The van der Waals surface area contributed by atoms with Crippen LogP contribution in [0.1, 0.15) is 18.9 Å². The van der Waals surface area contributed by atoms with Crippen LogP contribution in [0.5, 0.6) is 0 Å². The van der Waals surface area contributed by atoms with Crippen LogP contribution in [0.4, 0.5) is 30.2 Å². The average Bonchev–Trinajstić information content (AvgIpc) is 2.70. The van der Waals surface area contributed by atoms with Gasteiger partial charge in [-0.3, -0.25) is 4.72 Å². The molecule has 0 aliphatic carbocycles. The van der Waals surface area contributed by atoms with Gasteiger partial charge in [0.15, 0.2) is 0 Å². The third-order valence-corrected chi connectivity index (χ3v) is 6.05. The minimum Gasteiger partial charge on any atom is -0.462 e. The number of carbonyl (C=O) groups is 1. The van der Waals surface area contributed by atoms with Gasteiger partial charge in [-0.05, 0) is 49.2 Å². The van der Waals surface area contributed by atoms with Gasteiger partial charge in [-0.15, -0.1) is 10.2 Å². The number of amidine groups is 1. The van der Waals surface area contributed by atoms with E-state index >= 15 is 0 Å². The summed E-state index contributed by atoms with van der Waals surface area (Å²) in [6.45, 7) is 5.87. The Bertz CT molecular complexity index is 1060. The fourth-order valence-electron chi connectivity index (χ4n) is 2.70. The Hall–Kier alpha value is -2.81. The highest BCUT2D eigenvalue weighted by Crippen LogP contribution is 2.38. The standard InChI is InChI=1S/C17H21F3N6O4S2/c1-4-30-15(27)10(2)31-16(22-21)24-23-12-8-11-6-5-7-26(3)14(11)9-13(12)25-32(28,29)17(18,19)20/h8-9,25H,2,4-7,21H2,1,3H3/b22-16-,24-23+. The molecule has 176 valence electrons. The number of nitrogens with two attached hydrogens (primary N) is 1. The van der Waals surface area contributed by atoms with Crippen LogP contribution in [-0.4, -0.2) is 45.3 Å². The molecule has 0 unspecified atom stereocenters. The Balaban J connectivity index is 2.42. The zero-order chi connectivity index (χ0) is 24.1. The highest BCUT2D eigenvalue weighted by atomic mass is 32.2. The van der Waals surface area contributed by atoms with E-state index in [4.69, 9.17) is 10.6 Å². The van der Waals surface area contributed by atoms with Crippen LogP contribution >= 0.6 is 11.8 Å². The van der Waals surface area contributed by atoms with Crippen LogP contribution in [-0.2, 0) is 26.0 Å². The number of ether oxygens (including phenoxy) is 1. The van der Waals surface area contributed by atoms with Crippen molar-refractivity contribution in [1.82, 2.24) is 0 Å². The predicted octanol–water partition coefficient (Wildman–Crippen LogP) is 3.45. The lowest BCUT2D eigenvalue weighted by Gasteiger charge is -2.28. The Kier molecular flexibility index (Phi) is 8.12. The number of fused-ring (bicyclic) bond motifs is 1.